The number of aryl methyl sites for hydroxylation is 1. The first kappa shape index (κ1) is 10.8. The summed E-state index contributed by atoms with van der Waals surface area (Å²) in [5.41, 5.74) is 2.28. The summed E-state index contributed by atoms with van der Waals surface area (Å²) in [6, 6.07) is 4.90. The van der Waals surface area contributed by atoms with Crippen molar-refractivity contribution in [3.8, 4) is 11.3 Å². The monoisotopic (exact) mass is 220 g/mol. The van der Waals surface area contributed by atoms with Gasteiger partial charge in [0.05, 0.1) is 0 Å². The van der Waals surface area contributed by atoms with Gasteiger partial charge in [-0.1, -0.05) is 0 Å². The standard InChI is InChI=1S/C12H13FN2O/c1-8-5-9(3-4-10(8)13)12-11(6-14-2)15-7-16-12/h3-5,7,14H,6H2,1-2H3. The predicted octanol–water partition coefficient (Wildman–Crippen LogP) is 2.51. The van der Waals surface area contributed by atoms with Crippen LogP contribution in [0.1, 0.15) is 11.3 Å². The van der Waals surface area contributed by atoms with E-state index >= 15 is 0 Å². The average Bonchev–Trinajstić information content (AvgIpc) is 2.71. The molecule has 0 aliphatic heterocycles. The maximum atomic E-state index is 13.1. The molecule has 16 heavy (non-hydrogen) atoms. The second kappa shape index (κ2) is 4.45. The maximum Gasteiger partial charge on any atom is 0.181 e. The maximum absolute atomic E-state index is 13.1. The molecule has 0 bridgehead atoms. The Balaban J connectivity index is 2.42. The summed E-state index contributed by atoms with van der Waals surface area (Å²) < 4.78 is 18.5. The molecule has 84 valence electrons. The first-order valence-corrected chi connectivity index (χ1v) is 5.06. The van der Waals surface area contributed by atoms with Gasteiger partial charge >= 0.3 is 0 Å². The molecule has 0 fully saturated rings. The van der Waals surface area contributed by atoms with Crippen molar-refractivity contribution in [1.82, 2.24) is 10.3 Å². The molecule has 0 saturated carbocycles. The quantitative estimate of drug-likeness (QED) is 0.863. The fourth-order valence-electron chi connectivity index (χ4n) is 1.58. The van der Waals surface area contributed by atoms with Crippen molar-refractivity contribution in [2.75, 3.05) is 7.05 Å². The van der Waals surface area contributed by atoms with Crippen LogP contribution in [0.15, 0.2) is 29.0 Å². The molecule has 0 atom stereocenters. The molecule has 3 nitrogen and oxygen atoms in total. The Labute approximate surface area is 93.3 Å². The molecule has 0 spiro atoms. The first-order valence-electron chi connectivity index (χ1n) is 5.06. The fraction of sp³-hybridized carbons (Fsp3) is 0.250. The molecule has 0 saturated heterocycles. The smallest absolute Gasteiger partial charge is 0.181 e. The lowest BCUT2D eigenvalue weighted by atomic mass is 10.1. The molecule has 2 rings (SSSR count). The van der Waals surface area contributed by atoms with E-state index in [4.69, 9.17) is 4.42 Å². The van der Waals surface area contributed by atoms with Gasteiger partial charge in [-0.25, -0.2) is 9.37 Å². The summed E-state index contributed by atoms with van der Waals surface area (Å²) in [5, 5.41) is 3.01. The van der Waals surface area contributed by atoms with E-state index in [1.54, 1.807) is 19.1 Å². The summed E-state index contributed by atoms with van der Waals surface area (Å²) >= 11 is 0. The van der Waals surface area contributed by atoms with Gasteiger partial charge in [-0.05, 0) is 37.7 Å². The third-order valence-electron chi connectivity index (χ3n) is 2.41. The molecule has 0 aliphatic rings. The number of aromatic nitrogens is 1. The number of nitrogens with zero attached hydrogens (tertiary/aromatic N) is 1. The van der Waals surface area contributed by atoms with Gasteiger partial charge < -0.3 is 9.73 Å². The van der Waals surface area contributed by atoms with E-state index in [0.717, 1.165) is 11.3 Å². The molecular weight excluding hydrogens is 207 g/mol. The molecule has 1 N–H and O–H groups in total. The molecule has 1 heterocycles. The zero-order valence-electron chi connectivity index (χ0n) is 9.25. The normalized spacial score (nSPS) is 10.7. The Morgan fingerprint density at radius 2 is 2.25 bits per heavy atom. The minimum absolute atomic E-state index is 0.210. The van der Waals surface area contributed by atoms with Crippen molar-refractivity contribution in [2.45, 2.75) is 13.5 Å². The highest BCUT2D eigenvalue weighted by molar-refractivity contribution is 5.60. The number of nitrogens with one attached hydrogen (secondary N) is 1. The summed E-state index contributed by atoms with van der Waals surface area (Å²) in [4.78, 5) is 4.11. The van der Waals surface area contributed by atoms with Crippen LogP contribution < -0.4 is 5.32 Å². The Kier molecular flexibility index (Phi) is 3.01. The van der Waals surface area contributed by atoms with Gasteiger partial charge in [0.25, 0.3) is 0 Å². The third kappa shape index (κ3) is 1.97. The van der Waals surface area contributed by atoms with Gasteiger partial charge in [0, 0.05) is 12.1 Å². The van der Waals surface area contributed by atoms with Crippen molar-refractivity contribution < 1.29 is 8.81 Å². The van der Waals surface area contributed by atoms with E-state index in [2.05, 4.69) is 10.3 Å². The van der Waals surface area contributed by atoms with Crippen molar-refractivity contribution in [1.29, 1.82) is 0 Å². The largest absolute Gasteiger partial charge is 0.443 e. The van der Waals surface area contributed by atoms with Crippen LogP contribution in [-0.2, 0) is 6.54 Å². The predicted molar refractivity (Wildman–Crippen MR) is 59.4 cm³/mol. The molecular formula is C12H13FN2O. The van der Waals surface area contributed by atoms with Gasteiger partial charge in [-0.2, -0.15) is 0 Å². The zero-order valence-corrected chi connectivity index (χ0v) is 9.25. The van der Waals surface area contributed by atoms with E-state index < -0.39 is 0 Å². The lowest BCUT2D eigenvalue weighted by molar-refractivity contribution is 0.569. The zero-order chi connectivity index (χ0) is 11.5. The summed E-state index contributed by atoms with van der Waals surface area (Å²) in [5.74, 6) is 0.482. The van der Waals surface area contributed by atoms with Crippen LogP contribution in [0, 0.1) is 12.7 Å². The van der Waals surface area contributed by atoms with Gasteiger partial charge in [-0.15, -0.1) is 0 Å². The topological polar surface area (TPSA) is 38.1 Å². The lowest BCUT2D eigenvalue weighted by Gasteiger charge is -2.02. The molecule has 0 aliphatic carbocycles. The Bertz CT molecular complexity index is 494. The molecule has 1 aromatic carbocycles. The molecule has 0 unspecified atom stereocenters. The molecule has 0 amide bonds. The third-order valence-corrected chi connectivity index (χ3v) is 2.41. The first-order chi connectivity index (χ1) is 7.72. The minimum Gasteiger partial charge on any atom is -0.443 e. The van der Waals surface area contributed by atoms with E-state index in [0.29, 0.717) is 17.9 Å². The highest BCUT2D eigenvalue weighted by Gasteiger charge is 2.11. The molecule has 0 radical (unpaired) electrons. The van der Waals surface area contributed by atoms with Crippen LogP contribution >= 0.6 is 0 Å². The van der Waals surface area contributed by atoms with Crippen LogP contribution in [0.4, 0.5) is 4.39 Å². The number of hydrogen-bond donors (Lipinski definition) is 1. The van der Waals surface area contributed by atoms with Crippen molar-refractivity contribution in [3.63, 3.8) is 0 Å². The SMILES string of the molecule is CNCc1ncoc1-c1ccc(F)c(C)c1. The van der Waals surface area contributed by atoms with Crippen LogP contribution in [0.3, 0.4) is 0 Å². The van der Waals surface area contributed by atoms with Gasteiger partial charge in [-0.3, -0.25) is 0 Å². The lowest BCUT2D eigenvalue weighted by Crippen LogP contribution is -2.06. The van der Waals surface area contributed by atoms with Crippen molar-refractivity contribution >= 4 is 0 Å². The fourth-order valence-corrected chi connectivity index (χ4v) is 1.58. The van der Waals surface area contributed by atoms with E-state index in [9.17, 15) is 4.39 Å². The van der Waals surface area contributed by atoms with E-state index in [-0.39, 0.29) is 5.82 Å². The van der Waals surface area contributed by atoms with E-state index in [1.165, 1.54) is 12.5 Å². The summed E-state index contributed by atoms with van der Waals surface area (Å²) in [7, 11) is 1.84. The molecule has 2 aromatic rings. The van der Waals surface area contributed by atoms with Crippen LogP contribution in [-0.4, -0.2) is 12.0 Å². The number of rotatable bonds is 3. The van der Waals surface area contributed by atoms with Gasteiger partial charge in [0.1, 0.15) is 11.5 Å². The highest BCUT2D eigenvalue weighted by Crippen LogP contribution is 2.24. The second-order valence-electron chi connectivity index (χ2n) is 3.62. The second-order valence-corrected chi connectivity index (χ2v) is 3.62. The van der Waals surface area contributed by atoms with Crippen LogP contribution in [0.25, 0.3) is 11.3 Å². The Morgan fingerprint density at radius 3 is 2.94 bits per heavy atom. The van der Waals surface area contributed by atoms with Crippen LogP contribution in [0.5, 0.6) is 0 Å². The van der Waals surface area contributed by atoms with Gasteiger partial charge in [0.2, 0.25) is 0 Å². The molecule has 4 heteroatoms. The number of hydrogen-bond acceptors (Lipinski definition) is 3. The van der Waals surface area contributed by atoms with E-state index in [1.807, 2.05) is 7.05 Å². The highest BCUT2D eigenvalue weighted by atomic mass is 19.1. The average molecular weight is 220 g/mol. The number of oxazole rings is 1. The molecule has 1 aromatic heterocycles. The minimum atomic E-state index is -0.210. The van der Waals surface area contributed by atoms with Gasteiger partial charge in [0.15, 0.2) is 12.2 Å². The van der Waals surface area contributed by atoms with Crippen molar-refractivity contribution in [3.05, 3.63) is 41.7 Å². The number of halogens is 1. The summed E-state index contributed by atoms with van der Waals surface area (Å²) in [6.07, 6.45) is 1.40. The number of benzene rings is 1. The summed E-state index contributed by atoms with van der Waals surface area (Å²) in [6.45, 7) is 2.36. The van der Waals surface area contributed by atoms with Crippen LogP contribution in [0.2, 0.25) is 0 Å². The van der Waals surface area contributed by atoms with Crippen molar-refractivity contribution in [2.24, 2.45) is 0 Å². The Hall–Kier alpha value is -1.68. The Morgan fingerprint density at radius 1 is 1.44 bits per heavy atom.